The van der Waals surface area contributed by atoms with Crippen LogP contribution in [0, 0.1) is 13.8 Å². The maximum Gasteiger partial charge on any atom is 0.241 e. The van der Waals surface area contributed by atoms with Gasteiger partial charge in [-0.3, -0.25) is 0 Å². The van der Waals surface area contributed by atoms with Crippen molar-refractivity contribution in [3.63, 3.8) is 0 Å². The lowest BCUT2D eigenvalue weighted by Crippen LogP contribution is -2.24. The van der Waals surface area contributed by atoms with Gasteiger partial charge in [0.25, 0.3) is 0 Å². The van der Waals surface area contributed by atoms with E-state index in [-0.39, 0.29) is 5.60 Å². The van der Waals surface area contributed by atoms with Crippen LogP contribution in [0.2, 0.25) is 0 Å². The number of nitrogens with two attached hydrogens (primary N) is 1. The maximum absolute atomic E-state index is 5.89. The van der Waals surface area contributed by atoms with Crippen molar-refractivity contribution in [2.75, 3.05) is 5.73 Å². The van der Waals surface area contributed by atoms with Gasteiger partial charge in [-0.25, -0.2) is 0 Å². The largest absolute Gasteiger partial charge is 0.470 e. The van der Waals surface area contributed by atoms with Gasteiger partial charge >= 0.3 is 0 Å². The van der Waals surface area contributed by atoms with Crippen molar-refractivity contribution in [1.29, 1.82) is 0 Å². The highest BCUT2D eigenvalue weighted by Gasteiger charge is 2.16. The van der Waals surface area contributed by atoms with Gasteiger partial charge in [-0.2, -0.15) is 4.98 Å². The summed E-state index contributed by atoms with van der Waals surface area (Å²) in [4.78, 5) is 4.34. The first-order valence-corrected chi connectivity index (χ1v) is 6.95. The Hall–Kier alpha value is -2.23. The van der Waals surface area contributed by atoms with Crippen LogP contribution in [0.1, 0.15) is 31.9 Å². The predicted molar refractivity (Wildman–Crippen MR) is 85.0 cm³/mol. The molecule has 0 aliphatic rings. The Balaban J connectivity index is 2.24. The highest BCUT2D eigenvalue weighted by atomic mass is 16.5. The Kier molecular flexibility index (Phi) is 4.07. The van der Waals surface area contributed by atoms with Crippen LogP contribution < -0.4 is 15.2 Å². The molecule has 1 heterocycles. The number of hydrogen-bond acceptors (Lipinski definition) is 4. The lowest BCUT2D eigenvalue weighted by atomic mass is 10.1. The molecule has 0 atom stereocenters. The molecule has 2 N–H and O–H groups in total. The normalized spacial score (nSPS) is 11.3. The molecular formula is C17H22N2O2. The highest BCUT2D eigenvalue weighted by Crippen LogP contribution is 2.29. The van der Waals surface area contributed by atoms with E-state index >= 15 is 0 Å². The second kappa shape index (κ2) is 5.64. The number of ether oxygens (including phenoxy) is 2. The Labute approximate surface area is 125 Å². The standard InChI is InChI=1S/C17H22N2O2/c1-11-6-7-13(10-12(11)2)20-15-9-8-14(18)16(19-15)21-17(3,4)5/h6-10H,18H2,1-5H3. The molecule has 2 rings (SSSR count). The fourth-order valence-corrected chi connectivity index (χ4v) is 1.76. The van der Waals surface area contributed by atoms with Crippen LogP contribution in [0.25, 0.3) is 0 Å². The van der Waals surface area contributed by atoms with Gasteiger partial charge in [0, 0.05) is 6.07 Å². The molecule has 0 saturated heterocycles. The summed E-state index contributed by atoms with van der Waals surface area (Å²) in [7, 11) is 0. The van der Waals surface area contributed by atoms with E-state index in [0.717, 1.165) is 5.75 Å². The average molecular weight is 286 g/mol. The fourth-order valence-electron chi connectivity index (χ4n) is 1.76. The van der Waals surface area contributed by atoms with Gasteiger partial charge in [0.1, 0.15) is 11.4 Å². The molecule has 21 heavy (non-hydrogen) atoms. The molecule has 1 aromatic carbocycles. The molecule has 0 aliphatic heterocycles. The second-order valence-electron chi connectivity index (χ2n) is 6.11. The summed E-state index contributed by atoms with van der Waals surface area (Å²) < 4.78 is 11.5. The van der Waals surface area contributed by atoms with Crippen molar-refractivity contribution >= 4 is 5.69 Å². The minimum atomic E-state index is -0.361. The minimum Gasteiger partial charge on any atom is -0.470 e. The molecule has 0 fully saturated rings. The smallest absolute Gasteiger partial charge is 0.241 e. The maximum atomic E-state index is 5.89. The Bertz CT molecular complexity index is 646. The Morgan fingerprint density at radius 2 is 1.71 bits per heavy atom. The molecule has 1 aromatic heterocycles. The van der Waals surface area contributed by atoms with E-state index in [2.05, 4.69) is 11.9 Å². The molecule has 0 spiro atoms. The van der Waals surface area contributed by atoms with Crippen molar-refractivity contribution in [1.82, 2.24) is 4.98 Å². The molecule has 0 radical (unpaired) electrons. The average Bonchev–Trinajstić information content (AvgIpc) is 2.36. The summed E-state index contributed by atoms with van der Waals surface area (Å²) in [5.74, 6) is 1.60. The molecule has 0 bridgehead atoms. The Morgan fingerprint density at radius 3 is 2.33 bits per heavy atom. The second-order valence-corrected chi connectivity index (χ2v) is 6.11. The van der Waals surface area contributed by atoms with Crippen LogP contribution in [-0.4, -0.2) is 10.6 Å². The molecule has 0 saturated carbocycles. The number of nitrogen functional groups attached to an aromatic ring is 1. The zero-order valence-electron chi connectivity index (χ0n) is 13.2. The van der Waals surface area contributed by atoms with Gasteiger partial charge in [-0.05, 0) is 63.9 Å². The number of hydrogen-bond donors (Lipinski definition) is 1. The summed E-state index contributed by atoms with van der Waals surface area (Å²) >= 11 is 0. The van der Waals surface area contributed by atoms with Gasteiger partial charge in [-0.1, -0.05) is 6.07 Å². The van der Waals surface area contributed by atoms with Crippen molar-refractivity contribution in [2.45, 2.75) is 40.2 Å². The van der Waals surface area contributed by atoms with E-state index in [0.29, 0.717) is 17.4 Å². The molecule has 4 heteroatoms. The zero-order chi connectivity index (χ0) is 15.6. The Morgan fingerprint density at radius 1 is 1.00 bits per heavy atom. The molecular weight excluding hydrogens is 264 g/mol. The van der Waals surface area contributed by atoms with Crippen LogP contribution in [0.15, 0.2) is 30.3 Å². The summed E-state index contributed by atoms with van der Waals surface area (Å²) in [5, 5.41) is 0. The van der Waals surface area contributed by atoms with E-state index < -0.39 is 0 Å². The summed E-state index contributed by atoms with van der Waals surface area (Å²) in [6.45, 7) is 9.96. The van der Waals surface area contributed by atoms with Gasteiger partial charge in [-0.15, -0.1) is 0 Å². The number of anilines is 1. The van der Waals surface area contributed by atoms with Crippen molar-refractivity contribution in [3.8, 4) is 17.5 Å². The van der Waals surface area contributed by atoms with E-state index in [4.69, 9.17) is 15.2 Å². The molecule has 0 amide bonds. The zero-order valence-corrected chi connectivity index (χ0v) is 13.2. The van der Waals surface area contributed by atoms with Gasteiger partial charge < -0.3 is 15.2 Å². The van der Waals surface area contributed by atoms with Crippen LogP contribution >= 0.6 is 0 Å². The number of benzene rings is 1. The van der Waals surface area contributed by atoms with E-state index in [9.17, 15) is 0 Å². The predicted octanol–water partition coefficient (Wildman–Crippen LogP) is 4.25. The first-order valence-electron chi connectivity index (χ1n) is 6.95. The van der Waals surface area contributed by atoms with Crippen LogP contribution in [-0.2, 0) is 0 Å². The summed E-state index contributed by atoms with van der Waals surface area (Å²) in [6, 6.07) is 9.40. The number of nitrogens with zero attached hydrogens (tertiary/aromatic N) is 1. The van der Waals surface area contributed by atoms with Crippen LogP contribution in [0.4, 0.5) is 5.69 Å². The van der Waals surface area contributed by atoms with Gasteiger partial charge in [0.15, 0.2) is 0 Å². The summed E-state index contributed by atoms with van der Waals surface area (Å²) in [6.07, 6.45) is 0. The highest BCUT2D eigenvalue weighted by molar-refractivity contribution is 5.50. The lowest BCUT2D eigenvalue weighted by Gasteiger charge is -2.21. The monoisotopic (exact) mass is 286 g/mol. The third-order valence-electron chi connectivity index (χ3n) is 2.97. The summed E-state index contributed by atoms with van der Waals surface area (Å²) in [5.41, 5.74) is 8.43. The van der Waals surface area contributed by atoms with Crippen molar-refractivity contribution < 1.29 is 9.47 Å². The number of aryl methyl sites for hydroxylation is 2. The first-order chi connectivity index (χ1) is 9.74. The SMILES string of the molecule is Cc1ccc(Oc2ccc(N)c(OC(C)(C)C)n2)cc1C. The molecule has 0 unspecified atom stereocenters. The third kappa shape index (κ3) is 4.12. The van der Waals surface area contributed by atoms with E-state index in [1.165, 1.54) is 11.1 Å². The third-order valence-corrected chi connectivity index (χ3v) is 2.97. The van der Waals surface area contributed by atoms with Crippen LogP contribution in [0.3, 0.4) is 0 Å². The van der Waals surface area contributed by atoms with Crippen molar-refractivity contribution in [2.24, 2.45) is 0 Å². The van der Waals surface area contributed by atoms with Crippen LogP contribution in [0.5, 0.6) is 17.5 Å². The number of pyridine rings is 1. The molecule has 112 valence electrons. The van der Waals surface area contributed by atoms with E-state index in [1.54, 1.807) is 12.1 Å². The molecule has 0 aliphatic carbocycles. The lowest BCUT2D eigenvalue weighted by molar-refractivity contribution is 0.124. The van der Waals surface area contributed by atoms with Gasteiger partial charge in [0.05, 0.1) is 5.69 Å². The minimum absolute atomic E-state index is 0.361. The van der Waals surface area contributed by atoms with Gasteiger partial charge in [0.2, 0.25) is 11.8 Å². The fraction of sp³-hybridized carbons (Fsp3) is 0.353. The topological polar surface area (TPSA) is 57.4 Å². The van der Waals surface area contributed by atoms with E-state index in [1.807, 2.05) is 45.9 Å². The van der Waals surface area contributed by atoms with Crippen molar-refractivity contribution in [3.05, 3.63) is 41.5 Å². The quantitative estimate of drug-likeness (QED) is 0.916. The first kappa shape index (κ1) is 15.2. The molecule has 4 nitrogen and oxygen atoms in total. The molecule has 2 aromatic rings. The number of rotatable bonds is 3. The number of aromatic nitrogens is 1.